The van der Waals surface area contributed by atoms with Crippen LogP contribution in [0.1, 0.15) is 23.6 Å². The highest BCUT2D eigenvalue weighted by molar-refractivity contribution is 8.04. The summed E-state index contributed by atoms with van der Waals surface area (Å²) in [6, 6.07) is 37.4. The van der Waals surface area contributed by atoms with E-state index in [0.29, 0.717) is 6.61 Å². The lowest BCUT2D eigenvalue weighted by Crippen LogP contribution is -2.65. The number of sulfonamides is 1. The quantitative estimate of drug-likeness (QED) is 0.149. The van der Waals surface area contributed by atoms with Crippen molar-refractivity contribution < 1.29 is 36.9 Å². The summed E-state index contributed by atoms with van der Waals surface area (Å²) < 4.78 is 61.6. The summed E-state index contributed by atoms with van der Waals surface area (Å²) in [6.07, 6.45) is -3.24. The summed E-state index contributed by atoms with van der Waals surface area (Å²) in [6.45, 7) is 2.49. The first kappa shape index (κ1) is 34.9. The van der Waals surface area contributed by atoms with Crippen LogP contribution >= 0.6 is 11.8 Å². The minimum Gasteiger partial charge on any atom is -0.465 e. The molecule has 49 heavy (non-hydrogen) atoms. The highest BCUT2D eigenvalue weighted by Gasteiger charge is 2.55. The molecule has 0 amide bonds. The summed E-state index contributed by atoms with van der Waals surface area (Å²) in [4.78, 5) is 13.4. The average molecular weight is 702 g/mol. The summed E-state index contributed by atoms with van der Waals surface area (Å²) in [5.74, 6) is -0.647. The van der Waals surface area contributed by atoms with Crippen molar-refractivity contribution in [3.05, 3.63) is 149 Å². The minimum atomic E-state index is -4.21. The van der Waals surface area contributed by atoms with Gasteiger partial charge in [-0.2, -0.15) is 0 Å². The monoisotopic (exact) mass is 701 g/mol. The largest absolute Gasteiger partial charge is 0.465 e. The molecule has 0 spiro atoms. The van der Waals surface area contributed by atoms with Gasteiger partial charge in [0.2, 0.25) is 0 Å². The number of hydrogen-bond donors (Lipinski definition) is 0. The lowest BCUT2D eigenvalue weighted by Gasteiger charge is -2.51. The Morgan fingerprint density at radius 3 is 1.76 bits per heavy atom. The number of carbonyl (C=O) groups is 1. The number of carbonyl (C=O) groups excluding carboxylic acids is 1. The Balaban J connectivity index is 1.42. The van der Waals surface area contributed by atoms with Gasteiger partial charge in [0.15, 0.2) is 6.23 Å². The smallest absolute Gasteiger partial charge is 0.346 e. The van der Waals surface area contributed by atoms with Crippen molar-refractivity contribution in [3.8, 4) is 0 Å². The van der Waals surface area contributed by atoms with E-state index >= 15 is 0 Å². The van der Waals surface area contributed by atoms with E-state index in [1.807, 2.05) is 91.0 Å². The SMILES string of the molecule is COC(=O)C1=C(C)N(S(=O)(=O)c2ccccc2)[C@H]2O[C@H](COCc3ccccc3)[C@@H](OCc3ccccc3)[C@H](OCc3ccccc3)[C@H]2S1. The van der Waals surface area contributed by atoms with Gasteiger partial charge >= 0.3 is 5.97 Å². The van der Waals surface area contributed by atoms with Crippen LogP contribution in [-0.2, 0) is 58.3 Å². The maximum Gasteiger partial charge on any atom is 0.346 e. The lowest BCUT2D eigenvalue weighted by atomic mass is 9.99. The molecular weight excluding hydrogens is 663 g/mol. The van der Waals surface area contributed by atoms with E-state index in [9.17, 15) is 13.2 Å². The van der Waals surface area contributed by atoms with Gasteiger partial charge < -0.3 is 23.7 Å². The number of benzene rings is 4. The molecule has 2 aliphatic rings. The number of allylic oxidation sites excluding steroid dienone is 1. The van der Waals surface area contributed by atoms with E-state index < -0.39 is 45.8 Å². The van der Waals surface area contributed by atoms with E-state index in [1.165, 1.54) is 35.3 Å². The molecule has 11 heteroatoms. The Morgan fingerprint density at radius 2 is 1.22 bits per heavy atom. The van der Waals surface area contributed by atoms with Crippen LogP contribution in [0.5, 0.6) is 0 Å². The van der Waals surface area contributed by atoms with Crippen molar-refractivity contribution >= 4 is 27.8 Å². The third-order valence-electron chi connectivity index (χ3n) is 8.39. The summed E-state index contributed by atoms with van der Waals surface area (Å²) >= 11 is 1.19. The molecule has 1 saturated heterocycles. The van der Waals surface area contributed by atoms with Crippen molar-refractivity contribution in [1.82, 2.24) is 4.31 Å². The number of fused-ring (bicyclic) bond motifs is 1. The van der Waals surface area contributed by atoms with E-state index in [-0.39, 0.29) is 35.3 Å². The molecule has 0 aliphatic carbocycles. The van der Waals surface area contributed by atoms with Gasteiger partial charge in [0, 0.05) is 5.70 Å². The molecule has 2 aliphatic heterocycles. The van der Waals surface area contributed by atoms with Crippen LogP contribution in [0.2, 0.25) is 0 Å². The molecule has 2 heterocycles. The van der Waals surface area contributed by atoms with Crippen LogP contribution in [0.15, 0.2) is 137 Å². The Labute approximate surface area is 291 Å². The van der Waals surface area contributed by atoms with Crippen molar-refractivity contribution in [2.24, 2.45) is 0 Å². The van der Waals surface area contributed by atoms with E-state index in [4.69, 9.17) is 23.7 Å². The molecular formula is C38H39NO8S2. The number of ether oxygens (including phenoxy) is 5. The van der Waals surface area contributed by atoms with Crippen LogP contribution in [0.25, 0.3) is 0 Å². The van der Waals surface area contributed by atoms with E-state index in [1.54, 1.807) is 25.1 Å². The molecule has 0 bridgehead atoms. The molecule has 9 nitrogen and oxygen atoms in total. The normalized spacial score (nSPS) is 22.4. The Hall–Kier alpha value is -3.97. The average Bonchev–Trinajstić information content (AvgIpc) is 3.14. The zero-order valence-corrected chi connectivity index (χ0v) is 28.9. The van der Waals surface area contributed by atoms with Crippen LogP contribution in [0.4, 0.5) is 0 Å². The highest BCUT2D eigenvalue weighted by atomic mass is 32.2. The molecule has 5 atom stereocenters. The van der Waals surface area contributed by atoms with Crippen LogP contribution < -0.4 is 0 Å². The maximum atomic E-state index is 14.4. The Bertz CT molecular complexity index is 1810. The topological polar surface area (TPSA) is 101 Å². The molecule has 0 unspecified atom stereocenters. The number of nitrogens with zero attached hydrogens (tertiary/aromatic N) is 1. The second-order valence-corrected chi connectivity index (χ2v) is 14.7. The maximum absolute atomic E-state index is 14.4. The number of esters is 1. The lowest BCUT2D eigenvalue weighted by molar-refractivity contribution is -0.232. The van der Waals surface area contributed by atoms with Gasteiger partial charge in [-0.25, -0.2) is 17.5 Å². The number of hydrogen-bond acceptors (Lipinski definition) is 9. The van der Waals surface area contributed by atoms with Gasteiger partial charge in [-0.05, 0) is 35.7 Å². The zero-order valence-electron chi connectivity index (χ0n) is 27.3. The number of thioether (sulfide) groups is 1. The predicted molar refractivity (Wildman–Crippen MR) is 186 cm³/mol. The number of methoxy groups -OCH3 is 1. The molecule has 0 N–H and O–H groups in total. The van der Waals surface area contributed by atoms with Gasteiger partial charge in [0.1, 0.15) is 23.2 Å². The van der Waals surface area contributed by atoms with Gasteiger partial charge in [-0.15, -0.1) is 11.8 Å². The third kappa shape index (κ3) is 8.09. The molecule has 0 aromatic heterocycles. The molecule has 0 radical (unpaired) electrons. The van der Waals surface area contributed by atoms with Crippen LogP contribution in [0, 0.1) is 0 Å². The Morgan fingerprint density at radius 1 is 0.735 bits per heavy atom. The minimum absolute atomic E-state index is 0.0638. The summed E-state index contributed by atoms with van der Waals surface area (Å²) in [5, 5.41) is -0.717. The van der Waals surface area contributed by atoms with Crippen LogP contribution in [-0.4, -0.2) is 62.2 Å². The van der Waals surface area contributed by atoms with Crippen molar-refractivity contribution in [3.63, 3.8) is 0 Å². The zero-order chi connectivity index (χ0) is 34.2. The fourth-order valence-corrected chi connectivity index (χ4v) is 9.12. The first-order valence-corrected chi connectivity index (χ1v) is 18.3. The molecule has 6 rings (SSSR count). The highest BCUT2D eigenvalue weighted by Crippen LogP contribution is 2.47. The second kappa shape index (κ2) is 16.2. The molecule has 4 aromatic carbocycles. The van der Waals surface area contributed by atoms with Gasteiger partial charge in [-0.1, -0.05) is 109 Å². The van der Waals surface area contributed by atoms with Crippen molar-refractivity contribution in [2.45, 2.75) is 61.4 Å². The molecule has 1 fully saturated rings. The first-order valence-electron chi connectivity index (χ1n) is 16.0. The fraction of sp³-hybridized carbons (Fsp3) is 0.289. The third-order valence-corrected chi connectivity index (χ3v) is 11.7. The molecule has 256 valence electrons. The van der Waals surface area contributed by atoms with Crippen molar-refractivity contribution in [2.75, 3.05) is 13.7 Å². The first-order chi connectivity index (χ1) is 23.9. The van der Waals surface area contributed by atoms with Gasteiger partial charge in [0.05, 0.1) is 43.7 Å². The fourth-order valence-electron chi connectivity index (χ4n) is 5.96. The van der Waals surface area contributed by atoms with E-state index in [2.05, 4.69) is 0 Å². The number of rotatable bonds is 13. The van der Waals surface area contributed by atoms with Gasteiger partial charge in [-0.3, -0.25) is 0 Å². The molecule has 0 saturated carbocycles. The van der Waals surface area contributed by atoms with Gasteiger partial charge in [0.25, 0.3) is 10.0 Å². The predicted octanol–water partition coefficient (Wildman–Crippen LogP) is 6.31. The standard InChI is InChI=1S/C38H39NO8S2/c1-27-35(38(40)43-2)48-36-34(46-25-30-19-11-5-12-20-30)33(45-24-29-17-9-4-10-18-29)32(26-44-23-28-15-7-3-8-16-28)47-37(36)39(27)49(41,42)31-21-13-6-14-22-31/h3-22,32-34,36-37H,23-26H2,1-2H3/t32-,33-,34+,36-,37+/m1/s1. The second-order valence-electron chi connectivity index (χ2n) is 11.7. The van der Waals surface area contributed by atoms with E-state index in [0.717, 1.165) is 16.7 Å². The van der Waals surface area contributed by atoms with Crippen LogP contribution in [0.3, 0.4) is 0 Å². The molecule has 4 aromatic rings. The summed E-state index contributed by atoms with van der Waals surface area (Å²) in [7, 11) is -2.94. The van der Waals surface area contributed by atoms with Crippen molar-refractivity contribution in [1.29, 1.82) is 0 Å². The Kier molecular flexibility index (Phi) is 11.5. The summed E-state index contributed by atoms with van der Waals surface area (Å²) in [5.41, 5.74) is 3.07.